The molecule has 0 aliphatic rings. The monoisotopic (exact) mass is 262 g/mol. The van der Waals surface area contributed by atoms with E-state index in [-0.39, 0.29) is 0 Å². The van der Waals surface area contributed by atoms with Crippen molar-refractivity contribution in [3.05, 3.63) is 34.4 Å². The molecule has 0 saturated heterocycles. The first-order valence-corrected chi connectivity index (χ1v) is 7.64. The first kappa shape index (κ1) is 16.2. The molecule has 0 aromatic heterocycles. The molecule has 19 heavy (non-hydrogen) atoms. The maximum atomic E-state index is 5.77. The molecule has 2 heteroatoms. The average molecular weight is 262 g/mol. The summed E-state index contributed by atoms with van der Waals surface area (Å²) in [4.78, 5) is 0. The van der Waals surface area contributed by atoms with Crippen LogP contribution in [0.15, 0.2) is 12.1 Å². The Hall–Kier alpha value is -0.860. The minimum absolute atomic E-state index is 0.294. The van der Waals surface area contributed by atoms with Gasteiger partial charge in [0.05, 0.1) is 0 Å². The van der Waals surface area contributed by atoms with Gasteiger partial charge in [0.2, 0.25) is 0 Å². The van der Waals surface area contributed by atoms with Crippen molar-refractivity contribution in [3.63, 3.8) is 0 Å². The second kappa shape index (κ2) is 8.34. The number of hydrogen-bond donors (Lipinski definition) is 2. The molecule has 1 aromatic carbocycles. The molecular weight excluding hydrogens is 232 g/mol. The molecule has 0 fully saturated rings. The number of nitrogens with one attached hydrogen (secondary N) is 1. The number of aryl methyl sites for hydroxylation is 3. The quantitative estimate of drug-likeness (QED) is 0.412. The summed E-state index contributed by atoms with van der Waals surface area (Å²) in [6.45, 7) is 8.79. The zero-order valence-electron chi connectivity index (χ0n) is 13.1. The molecule has 1 aromatic rings. The number of hydrazine groups is 1. The molecule has 0 heterocycles. The van der Waals surface area contributed by atoms with Gasteiger partial charge in [0.25, 0.3) is 0 Å². The van der Waals surface area contributed by atoms with Crippen molar-refractivity contribution < 1.29 is 0 Å². The van der Waals surface area contributed by atoms with Gasteiger partial charge in [-0.25, -0.2) is 0 Å². The SMILES string of the molecule is CCCCCCCC(NN)c1c(C)cc(C)cc1C. The van der Waals surface area contributed by atoms with Crippen LogP contribution < -0.4 is 11.3 Å². The normalized spacial score (nSPS) is 12.7. The average Bonchev–Trinajstić information content (AvgIpc) is 2.35. The summed E-state index contributed by atoms with van der Waals surface area (Å²) in [6, 6.07) is 4.80. The predicted molar refractivity (Wildman–Crippen MR) is 84.1 cm³/mol. The largest absolute Gasteiger partial charge is 0.271 e. The second-order valence-corrected chi connectivity index (χ2v) is 5.73. The Kier molecular flexibility index (Phi) is 7.11. The zero-order valence-corrected chi connectivity index (χ0v) is 13.1. The molecule has 0 radical (unpaired) electrons. The molecule has 2 nitrogen and oxygen atoms in total. The van der Waals surface area contributed by atoms with Crippen molar-refractivity contribution in [2.75, 3.05) is 0 Å². The van der Waals surface area contributed by atoms with E-state index >= 15 is 0 Å². The highest BCUT2D eigenvalue weighted by atomic mass is 15.2. The zero-order chi connectivity index (χ0) is 14.3. The molecule has 0 aliphatic carbocycles. The van der Waals surface area contributed by atoms with E-state index in [1.165, 1.54) is 54.4 Å². The topological polar surface area (TPSA) is 38.0 Å². The third-order valence-corrected chi connectivity index (χ3v) is 3.88. The van der Waals surface area contributed by atoms with Crippen LogP contribution in [-0.4, -0.2) is 0 Å². The summed E-state index contributed by atoms with van der Waals surface area (Å²) in [5.41, 5.74) is 8.44. The Balaban J connectivity index is 2.64. The summed E-state index contributed by atoms with van der Waals surface area (Å²) in [7, 11) is 0. The van der Waals surface area contributed by atoms with Gasteiger partial charge in [-0.15, -0.1) is 0 Å². The Morgan fingerprint density at radius 2 is 1.58 bits per heavy atom. The van der Waals surface area contributed by atoms with E-state index in [4.69, 9.17) is 5.84 Å². The second-order valence-electron chi connectivity index (χ2n) is 5.73. The van der Waals surface area contributed by atoms with Crippen molar-refractivity contribution in [2.24, 2.45) is 5.84 Å². The molecule has 0 bridgehead atoms. The first-order chi connectivity index (χ1) is 9.10. The van der Waals surface area contributed by atoms with Gasteiger partial charge in [0, 0.05) is 6.04 Å². The van der Waals surface area contributed by atoms with Gasteiger partial charge < -0.3 is 0 Å². The lowest BCUT2D eigenvalue weighted by Crippen LogP contribution is -2.29. The first-order valence-electron chi connectivity index (χ1n) is 7.64. The van der Waals surface area contributed by atoms with Gasteiger partial charge in [0.1, 0.15) is 0 Å². The lowest BCUT2D eigenvalue weighted by Gasteiger charge is -2.21. The van der Waals surface area contributed by atoms with Crippen LogP contribution in [0.4, 0.5) is 0 Å². The number of hydrogen-bond acceptors (Lipinski definition) is 2. The highest BCUT2D eigenvalue weighted by Gasteiger charge is 2.14. The Morgan fingerprint density at radius 3 is 2.11 bits per heavy atom. The van der Waals surface area contributed by atoms with Crippen LogP contribution in [0.5, 0.6) is 0 Å². The van der Waals surface area contributed by atoms with Crippen LogP contribution in [0.25, 0.3) is 0 Å². The molecule has 1 unspecified atom stereocenters. The Labute approximate surface area is 118 Å². The highest BCUT2D eigenvalue weighted by molar-refractivity contribution is 5.39. The predicted octanol–water partition coefficient (Wildman–Crippen LogP) is 4.48. The summed E-state index contributed by atoms with van der Waals surface area (Å²) < 4.78 is 0. The number of nitrogens with two attached hydrogens (primary N) is 1. The van der Waals surface area contributed by atoms with E-state index in [9.17, 15) is 0 Å². The van der Waals surface area contributed by atoms with Crippen molar-refractivity contribution >= 4 is 0 Å². The maximum absolute atomic E-state index is 5.77. The third kappa shape index (κ3) is 4.96. The molecular formula is C17H30N2. The number of rotatable bonds is 8. The Bertz CT molecular complexity index is 362. The highest BCUT2D eigenvalue weighted by Crippen LogP contribution is 2.27. The van der Waals surface area contributed by atoms with E-state index in [1.54, 1.807) is 0 Å². The van der Waals surface area contributed by atoms with Crippen LogP contribution >= 0.6 is 0 Å². The number of benzene rings is 1. The minimum Gasteiger partial charge on any atom is -0.271 e. The van der Waals surface area contributed by atoms with Crippen LogP contribution in [0.3, 0.4) is 0 Å². The van der Waals surface area contributed by atoms with Crippen LogP contribution in [0.1, 0.15) is 73.7 Å². The van der Waals surface area contributed by atoms with Crippen molar-refractivity contribution in [3.8, 4) is 0 Å². The molecule has 0 aliphatic heterocycles. The van der Waals surface area contributed by atoms with Crippen LogP contribution in [-0.2, 0) is 0 Å². The smallest absolute Gasteiger partial charge is 0.0465 e. The lowest BCUT2D eigenvalue weighted by molar-refractivity contribution is 0.475. The molecule has 0 saturated carbocycles. The molecule has 1 atom stereocenters. The van der Waals surface area contributed by atoms with E-state index < -0.39 is 0 Å². The van der Waals surface area contributed by atoms with Gasteiger partial charge in [-0.05, 0) is 43.9 Å². The molecule has 108 valence electrons. The number of unbranched alkanes of at least 4 members (excludes halogenated alkanes) is 4. The summed E-state index contributed by atoms with van der Waals surface area (Å²) in [5, 5.41) is 0. The fourth-order valence-corrected chi connectivity index (χ4v) is 3.00. The molecule has 0 amide bonds. The van der Waals surface area contributed by atoms with E-state index in [0.717, 1.165) is 6.42 Å². The van der Waals surface area contributed by atoms with E-state index in [2.05, 4.69) is 45.3 Å². The standard InChI is InChI=1S/C17H30N2/c1-5-6-7-8-9-10-16(19-18)17-14(3)11-13(2)12-15(17)4/h11-12,16,19H,5-10,18H2,1-4H3. The molecule has 1 rings (SSSR count). The van der Waals surface area contributed by atoms with Gasteiger partial charge in [0.15, 0.2) is 0 Å². The van der Waals surface area contributed by atoms with Gasteiger partial charge in [-0.1, -0.05) is 56.7 Å². The summed E-state index contributed by atoms with van der Waals surface area (Å²) >= 11 is 0. The molecule has 0 spiro atoms. The van der Waals surface area contributed by atoms with Crippen molar-refractivity contribution in [2.45, 2.75) is 72.3 Å². The summed E-state index contributed by atoms with van der Waals surface area (Å²) in [5.74, 6) is 5.77. The van der Waals surface area contributed by atoms with Crippen LogP contribution in [0.2, 0.25) is 0 Å². The van der Waals surface area contributed by atoms with E-state index in [0.29, 0.717) is 6.04 Å². The minimum atomic E-state index is 0.294. The third-order valence-electron chi connectivity index (χ3n) is 3.88. The molecule has 3 N–H and O–H groups in total. The fraction of sp³-hybridized carbons (Fsp3) is 0.647. The van der Waals surface area contributed by atoms with Crippen LogP contribution in [0, 0.1) is 20.8 Å². The maximum Gasteiger partial charge on any atom is 0.0465 e. The van der Waals surface area contributed by atoms with Gasteiger partial charge >= 0.3 is 0 Å². The van der Waals surface area contributed by atoms with Gasteiger partial charge in [-0.3, -0.25) is 11.3 Å². The Morgan fingerprint density at radius 1 is 1.00 bits per heavy atom. The van der Waals surface area contributed by atoms with Gasteiger partial charge in [-0.2, -0.15) is 0 Å². The fourth-order valence-electron chi connectivity index (χ4n) is 3.00. The lowest BCUT2D eigenvalue weighted by atomic mass is 9.91. The van der Waals surface area contributed by atoms with Crippen molar-refractivity contribution in [1.82, 2.24) is 5.43 Å². The summed E-state index contributed by atoms with van der Waals surface area (Å²) in [6.07, 6.45) is 7.69. The van der Waals surface area contributed by atoms with E-state index in [1.807, 2.05) is 0 Å². The van der Waals surface area contributed by atoms with Crippen molar-refractivity contribution in [1.29, 1.82) is 0 Å².